The van der Waals surface area contributed by atoms with Crippen LogP contribution in [-0.2, 0) is 4.79 Å². The molecule has 0 bridgehead atoms. The summed E-state index contributed by atoms with van der Waals surface area (Å²) in [6.07, 6.45) is 1.48. The molecule has 2 fully saturated rings. The third-order valence-corrected chi connectivity index (χ3v) is 7.57. The van der Waals surface area contributed by atoms with Crippen molar-refractivity contribution in [3.05, 3.63) is 54.1 Å². The van der Waals surface area contributed by atoms with Gasteiger partial charge < -0.3 is 24.0 Å². The van der Waals surface area contributed by atoms with Gasteiger partial charge in [-0.3, -0.25) is 9.59 Å². The molecule has 0 unspecified atom stereocenters. The summed E-state index contributed by atoms with van der Waals surface area (Å²) in [7, 11) is 3.14. The summed E-state index contributed by atoms with van der Waals surface area (Å²) in [5, 5.41) is 0. The summed E-state index contributed by atoms with van der Waals surface area (Å²) >= 11 is 1.82. The number of likely N-dealkylation sites (tertiary alicyclic amines) is 1. The normalized spacial score (nSPS) is 17.3. The molecular formula is C24H28N2O5S. The zero-order valence-corrected chi connectivity index (χ0v) is 19.2. The zero-order chi connectivity index (χ0) is 22.6. The Labute approximate surface area is 192 Å². The van der Waals surface area contributed by atoms with Crippen LogP contribution in [0.5, 0.6) is 17.2 Å². The Morgan fingerprint density at radius 2 is 1.59 bits per heavy atom. The molecule has 2 heterocycles. The molecule has 170 valence electrons. The number of hydrogen-bond acceptors (Lipinski definition) is 6. The molecule has 0 aromatic heterocycles. The Balaban J connectivity index is 1.39. The number of rotatable bonds is 6. The van der Waals surface area contributed by atoms with Crippen LogP contribution in [0.2, 0.25) is 0 Å². The fraction of sp³-hybridized carbons (Fsp3) is 0.417. The number of piperidine rings is 1. The van der Waals surface area contributed by atoms with E-state index >= 15 is 0 Å². The van der Waals surface area contributed by atoms with E-state index in [1.54, 1.807) is 32.4 Å². The number of amides is 2. The predicted octanol–water partition coefficient (Wildman–Crippen LogP) is 3.29. The molecule has 0 atom stereocenters. The van der Waals surface area contributed by atoms with Crippen molar-refractivity contribution in [2.75, 3.05) is 46.2 Å². The first-order valence-electron chi connectivity index (χ1n) is 10.7. The molecule has 2 saturated heterocycles. The van der Waals surface area contributed by atoms with Gasteiger partial charge in [0.15, 0.2) is 6.61 Å². The molecule has 2 aliphatic heterocycles. The maximum atomic E-state index is 13.1. The summed E-state index contributed by atoms with van der Waals surface area (Å²) in [6.45, 7) is 1.92. The number of hydrogen-bond donors (Lipinski definition) is 0. The third-order valence-electron chi connectivity index (χ3n) is 6.01. The fourth-order valence-corrected chi connectivity index (χ4v) is 5.76. The number of ether oxygens (including phenoxy) is 3. The molecule has 0 saturated carbocycles. The number of thioether (sulfide) groups is 1. The monoisotopic (exact) mass is 456 g/mol. The van der Waals surface area contributed by atoms with Crippen molar-refractivity contribution in [1.29, 1.82) is 0 Å². The topological polar surface area (TPSA) is 68.3 Å². The highest BCUT2D eigenvalue weighted by Gasteiger charge is 2.47. The third kappa shape index (κ3) is 4.65. The summed E-state index contributed by atoms with van der Waals surface area (Å²) in [5.74, 6) is 2.71. The Hall–Kier alpha value is -2.87. The molecule has 2 amide bonds. The van der Waals surface area contributed by atoms with Gasteiger partial charge in [0.1, 0.15) is 17.2 Å². The second-order valence-corrected chi connectivity index (χ2v) is 9.29. The smallest absolute Gasteiger partial charge is 0.261 e. The number of benzene rings is 2. The highest BCUT2D eigenvalue weighted by Crippen LogP contribution is 2.44. The van der Waals surface area contributed by atoms with Gasteiger partial charge in [-0.1, -0.05) is 18.2 Å². The van der Waals surface area contributed by atoms with Crippen LogP contribution >= 0.6 is 11.8 Å². The lowest BCUT2D eigenvalue weighted by atomic mass is 10.0. The highest BCUT2D eigenvalue weighted by atomic mass is 32.2. The summed E-state index contributed by atoms with van der Waals surface area (Å²) in [4.78, 5) is 29.6. The minimum atomic E-state index is -0.264. The van der Waals surface area contributed by atoms with Crippen LogP contribution in [0.25, 0.3) is 0 Å². The van der Waals surface area contributed by atoms with Crippen LogP contribution in [0.15, 0.2) is 48.5 Å². The molecule has 7 nitrogen and oxygen atoms in total. The summed E-state index contributed by atoms with van der Waals surface area (Å²) in [6, 6.07) is 14.6. The average molecular weight is 457 g/mol. The summed E-state index contributed by atoms with van der Waals surface area (Å²) < 4.78 is 16.3. The Kier molecular flexibility index (Phi) is 6.79. The Morgan fingerprint density at radius 1 is 0.938 bits per heavy atom. The standard InChI is InChI=1S/C24H28N2O5S/c1-29-20-14-18(15-21(16-20)30-2)23(28)25-10-8-24(9-11-25)26(12-13-32-24)22(27)17-31-19-6-4-3-5-7-19/h3-7,14-16H,8-13,17H2,1-2H3. The van der Waals surface area contributed by atoms with Crippen molar-refractivity contribution in [3.8, 4) is 17.2 Å². The van der Waals surface area contributed by atoms with Gasteiger partial charge in [-0.2, -0.15) is 0 Å². The second kappa shape index (κ2) is 9.73. The van der Waals surface area contributed by atoms with Crippen LogP contribution in [-0.4, -0.2) is 72.7 Å². The predicted molar refractivity (Wildman–Crippen MR) is 124 cm³/mol. The van der Waals surface area contributed by atoms with E-state index in [2.05, 4.69) is 0 Å². The van der Waals surface area contributed by atoms with E-state index in [-0.39, 0.29) is 23.3 Å². The molecule has 2 aromatic carbocycles. The van der Waals surface area contributed by atoms with E-state index in [1.807, 2.05) is 51.9 Å². The van der Waals surface area contributed by atoms with Crippen molar-refractivity contribution < 1.29 is 23.8 Å². The molecule has 0 N–H and O–H groups in total. The van der Waals surface area contributed by atoms with Crippen LogP contribution in [0.4, 0.5) is 0 Å². The molecule has 2 aliphatic rings. The van der Waals surface area contributed by atoms with Crippen LogP contribution < -0.4 is 14.2 Å². The molecular weight excluding hydrogens is 428 g/mol. The second-order valence-electron chi connectivity index (χ2n) is 7.84. The SMILES string of the molecule is COc1cc(OC)cc(C(=O)N2CCC3(CC2)SCCN3C(=O)COc2ccccc2)c1. The van der Waals surface area contributed by atoms with Crippen molar-refractivity contribution in [2.45, 2.75) is 17.7 Å². The Bertz CT molecular complexity index is 938. The molecule has 1 spiro atoms. The molecule has 0 radical (unpaired) electrons. The van der Waals surface area contributed by atoms with Gasteiger partial charge >= 0.3 is 0 Å². The number of carbonyl (C=O) groups is 2. The molecule has 32 heavy (non-hydrogen) atoms. The minimum Gasteiger partial charge on any atom is -0.497 e. The first-order valence-corrected chi connectivity index (χ1v) is 11.7. The van der Waals surface area contributed by atoms with Gasteiger partial charge in [0.2, 0.25) is 0 Å². The largest absolute Gasteiger partial charge is 0.497 e. The fourth-order valence-electron chi connectivity index (χ4n) is 4.29. The summed E-state index contributed by atoms with van der Waals surface area (Å²) in [5.41, 5.74) is 0.542. The van der Waals surface area contributed by atoms with Gasteiger partial charge in [-0.15, -0.1) is 11.8 Å². The average Bonchev–Trinajstić information content (AvgIpc) is 3.25. The lowest BCUT2D eigenvalue weighted by molar-refractivity contribution is -0.136. The number of methoxy groups -OCH3 is 2. The number of para-hydroxylation sites is 1. The lowest BCUT2D eigenvalue weighted by Crippen LogP contribution is -2.54. The highest BCUT2D eigenvalue weighted by molar-refractivity contribution is 8.00. The quantitative estimate of drug-likeness (QED) is 0.665. The van der Waals surface area contributed by atoms with Crippen molar-refractivity contribution in [3.63, 3.8) is 0 Å². The Morgan fingerprint density at radius 3 is 2.22 bits per heavy atom. The first kappa shape index (κ1) is 22.3. The van der Waals surface area contributed by atoms with Crippen LogP contribution in [0.1, 0.15) is 23.2 Å². The molecule has 4 rings (SSSR count). The van der Waals surface area contributed by atoms with E-state index in [1.165, 1.54) is 0 Å². The van der Waals surface area contributed by atoms with E-state index in [4.69, 9.17) is 14.2 Å². The van der Waals surface area contributed by atoms with Crippen molar-refractivity contribution in [1.82, 2.24) is 9.80 Å². The molecule has 0 aliphatic carbocycles. The zero-order valence-electron chi connectivity index (χ0n) is 18.4. The van der Waals surface area contributed by atoms with E-state index in [9.17, 15) is 9.59 Å². The van der Waals surface area contributed by atoms with Gasteiger partial charge in [0, 0.05) is 37.0 Å². The first-order chi connectivity index (χ1) is 15.5. The van der Waals surface area contributed by atoms with E-state index in [0.29, 0.717) is 42.4 Å². The van der Waals surface area contributed by atoms with Gasteiger partial charge in [-0.25, -0.2) is 0 Å². The number of carbonyl (C=O) groups excluding carboxylic acids is 2. The van der Waals surface area contributed by atoms with Crippen molar-refractivity contribution >= 4 is 23.6 Å². The van der Waals surface area contributed by atoms with Gasteiger partial charge in [0.05, 0.1) is 19.1 Å². The lowest BCUT2D eigenvalue weighted by Gasteiger charge is -2.44. The van der Waals surface area contributed by atoms with Gasteiger partial charge in [-0.05, 0) is 37.1 Å². The maximum absolute atomic E-state index is 13.1. The van der Waals surface area contributed by atoms with E-state index < -0.39 is 0 Å². The maximum Gasteiger partial charge on any atom is 0.261 e. The van der Waals surface area contributed by atoms with Crippen LogP contribution in [0, 0.1) is 0 Å². The van der Waals surface area contributed by atoms with E-state index in [0.717, 1.165) is 18.6 Å². The number of nitrogens with zero attached hydrogens (tertiary/aromatic N) is 2. The molecule has 2 aromatic rings. The van der Waals surface area contributed by atoms with Gasteiger partial charge in [0.25, 0.3) is 11.8 Å². The van der Waals surface area contributed by atoms with Crippen LogP contribution in [0.3, 0.4) is 0 Å². The minimum absolute atomic E-state index is 0.00355. The van der Waals surface area contributed by atoms with Crippen molar-refractivity contribution in [2.24, 2.45) is 0 Å². The molecule has 8 heteroatoms.